The van der Waals surface area contributed by atoms with Crippen LogP contribution in [0.25, 0.3) is 0 Å². The molecule has 0 aromatic heterocycles. The summed E-state index contributed by atoms with van der Waals surface area (Å²) >= 11 is 0. The van der Waals surface area contributed by atoms with E-state index in [-0.39, 0.29) is 12.6 Å². The van der Waals surface area contributed by atoms with Crippen LogP contribution < -0.4 is 0 Å². The van der Waals surface area contributed by atoms with Gasteiger partial charge >= 0.3 is 23.9 Å². The van der Waals surface area contributed by atoms with E-state index in [1.807, 2.05) is 4.90 Å². The fourth-order valence-corrected chi connectivity index (χ4v) is 3.74. The van der Waals surface area contributed by atoms with Crippen molar-refractivity contribution >= 4 is 23.9 Å². The summed E-state index contributed by atoms with van der Waals surface area (Å²) in [5.41, 5.74) is 0. The molecule has 2 saturated heterocycles. The number of nitrogens with zero attached hydrogens (tertiary/aromatic N) is 1. The van der Waals surface area contributed by atoms with Gasteiger partial charge in [0.05, 0.1) is 6.04 Å². The van der Waals surface area contributed by atoms with Crippen LogP contribution in [0, 0.1) is 0 Å². The normalized spacial score (nSPS) is 30.8. The van der Waals surface area contributed by atoms with Gasteiger partial charge in [0.1, 0.15) is 12.7 Å². The SMILES string of the molecule is CC(=O)OC[C@@H]1CC[C@H](OC(C)=O)[C@H]2[C@H](OC(C)=O)[C@@H](OC(C)=O)CN12. The standard InChI is InChI=1S/C17H25NO8/c1-9(19)23-8-13-5-6-14(24-10(2)20)16-17(26-12(4)22)15(7-18(13)16)25-11(3)21/h13-17H,5-8H2,1-4H3/t13-,14-,15-,16-,17+/m0/s1. The smallest absolute Gasteiger partial charge is 0.303 e. The van der Waals surface area contributed by atoms with Crippen LogP contribution >= 0.6 is 0 Å². The van der Waals surface area contributed by atoms with Crippen molar-refractivity contribution in [2.75, 3.05) is 13.2 Å². The van der Waals surface area contributed by atoms with Crippen LogP contribution in [-0.2, 0) is 38.1 Å². The molecule has 2 aliphatic rings. The molecule has 0 aromatic carbocycles. The third-order valence-electron chi connectivity index (χ3n) is 4.53. The molecule has 0 unspecified atom stereocenters. The Morgan fingerprint density at radius 3 is 1.92 bits per heavy atom. The summed E-state index contributed by atoms with van der Waals surface area (Å²) in [6.07, 6.45) is -0.803. The number of carbonyl (C=O) groups excluding carboxylic acids is 4. The lowest BCUT2D eigenvalue weighted by atomic mass is 9.92. The molecule has 0 aliphatic carbocycles. The van der Waals surface area contributed by atoms with Crippen molar-refractivity contribution in [2.24, 2.45) is 0 Å². The van der Waals surface area contributed by atoms with Gasteiger partial charge in [0.25, 0.3) is 0 Å². The minimum Gasteiger partial charge on any atom is -0.464 e. The van der Waals surface area contributed by atoms with E-state index in [1.165, 1.54) is 27.7 Å². The monoisotopic (exact) mass is 371 g/mol. The van der Waals surface area contributed by atoms with E-state index in [0.29, 0.717) is 19.4 Å². The second-order valence-corrected chi connectivity index (χ2v) is 6.59. The van der Waals surface area contributed by atoms with E-state index in [1.54, 1.807) is 0 Å². The molecule has 0 saturated carbocycles. The first-order valence-electron chi connectivity index (χ1n) is 8.59. The lowest BCUT2D eigenvalue weighted by Crippen LogP contribution is -2.56. The van der Waals surface area contributed by atoms with Gasteiger partial charge in [-0.2, -0.15) is 0 Å². The summed E-state index contributed by atoms with van der Waals surface area (Å²) in [5, 5.41) is 0. The van der Waals surface area contributed by atoms with Gasteiger partial charge in [-0.15, -0.1) is 0 Å². The Morgan fingerprint density at radius 1 is 0.808 bits per heavy atom. The molecule has 9 nitrogen and oxygen atoms in total. The molecule has 2 rings (SSSR count). The van der Waals surface area contributed by atoms with Gasteiger partial charge in [-0.1, -0.05) is 0 Å². The van der Waals surface area contributed by atoms with Crippen LogP contribution in [0.1, 0.15) is 40.5 Å². The van der Waals surface area contributed by atoms with Crippen LogP contribution in [0.4, 0.5) is 0 Å². The summed E-state index contributed by atoms with van der Waals surface area (Å²) in [5.74, 6) is -1.84. The topological polar surface area (TPSA) is 108 Å². The van der Waals surface area contributed by atoms with Gasteiger partial charge in [0.15, 0.2) is 12.2 Å². The largest absolute Gasteiger partial charge is 0.464 e. The Kier molecular flexibility index (Phi) is 6.57. The predicted octanol–water partition coefficient (Wildman–Crippen LogP) is 0.191. The Hall–Kier alpha value is -2.16. The van der Waals surface area contributed by atoms with Crippen molar-refractivity contribution in [1.82, 2.24) is 4.90 Å². The third kappa shape index (κ3) is 4.94. The highest BCUT2D eigenvalue weighted by Gasteiger charge is 2.54. The zero-order chi connectivity index (χ0) is 19.4. The number of carbonyl (C=O) groups is 4. The van der Waals surface area contributed by atoms with Crippen molar-refractivity contribution < 1.29 is 38.1 Å². The number of hydrogen-bond acceptors (Lipinski definition) is 9. The molecule has 0 amide bonds. The van der Waals surface area contributed by atoms with Gasteiger partial charge in [-0.3, -0.25) is 24.1 Å². The van der Waals surface area contributed by atoms with E-state index < -0.39 is 48.2 Å². The average molecular weight is 371 g/mol. The van der Waals surface area contributed by atoms with E-state index in [4.69, 9.17) is 18.9 Å². The first-order chi connectivity index (χ1) is 12.2. The number of piperidine rings is 1. The first-order valence-corrected chi connectivity index (χ1v) is 8.59. The third-order valence-corrected chi connectivity index (χ3v) is 4.53. The molecular weight excluding hydrogens is 346 g/mol. The summed E-state index contributed by atoms with van der Waals surface area (Å²) in [6.45, 7) is 5.66. The lowest BCUT2D eigenvalue weighted by molar-refractivity contribution is -0.170. The maximum Gasteiger partial charge on any atom is 0.303 e. The highest BCUT2D eigenvalue weighted by atomic mass is 16.6. The van der Waals surface area contributed by atoms with E-state index in [9.17, 15) is 19.2 Å². The first kappa shape index (κ1) is 20.2. The minimum atomic E-state index is -0.763. The lowest BCUT2D eigenvalue weighted by Gasteiger charge is -2.42. The quantitative estimate of drug-likeness (QED) is 0.494. The van der Waals surface area contributed by atoms with E-state index in [2.05, 4.69) is 0 Å². The molecule has 0 aromatic rings. The second-order valence-electron chi connectivity index (χ2n) is 6.59. The molecule has 2 aliphatic heterocycles. The van der Waals surface area contributed by atoms with Gasteiger partial charge < -0.3 is 18.9 Å². The van der Waals surface area contributed by atoms with Crippen LogP contribution in [0.15, 0.2) is 0 Å². The molecule has 5 atom stereocenters. The van der Waals surface area contributed by atoms with E-state index in [0.717, 1.165) is 0 Å². The van der Waals surface area contributed by atoms with Crippen molar-refractivity contribution in [3.05, 3.63) is 0 Å². The van der Waals surface area contributed by atoms with Crippen LogP contribution in [0.3, 0.4) is 0 Å². The number of fused-ring (bicyclic) bond motifs is 1. The van der Waals surface area contributed by atoms with Gasteiger partial charge in [0.2, 0.25) is 0 Å². The molecule has 2 heterocycles. The fourth-order valence-electron chi connectivity index (χ4n) is 3.74. The number of ether oxygens (including phenoxy) is 4. The summed E-state index contributed by atoms with van der Waals surface area (Å²) in [7, 11) is 0. The Bertz CT molecular complexity index is 577. The molecule has 0 spiro atoms. The van der Waals surface area contributed by atoms with Crippen molar-refractivity contribution in [3.63, 3.8) is 0 Å². The minimum absolute atomic E-state index is 0.144. The van der Waals surface area contributed by atoms with Gasteiger partial charge in [-0.05, 0) is 12.8 Å². The molecular formula is C17H25NO8. The zero-order valence-corrected chi connectivity index (χ0v) is 15.4. The maximum absolute atomic E-state index is 11.6. The predicted molar refractivity (Wildman–Crippen MR) is 86.8 cm³/mol. The molecule has 0 N–H and O–H groups in total. The highest BCUT2D eigenvalue weighted by molar-refractivity contribution is 5.68. The van der Waals surface area contributed by atoms with Crippen LogP contribution in [-0.4, -0.2) is 72.3 Å². The molecule has 0 bridgehead atoms. The Morgan fingerprint density at radius 2 is 1.38 bits per heavy atom. The van der Waals surface area contributed by atoms with Crippen LogP contribution in [0.2, 0.25) is 0 Å². The van der Waals surface area contributed by atoms with Gasteiger partial charge in [0, 0.05) is 40.3 Å². The number of rotatable bonds is 5. The average Bonchev–Trinajstić information content (AvgIpc) is 2.83. The van der Waals surface area contributed by atoms with Gasteiger partial charge in [-0.25, -0.2) is 0 Å². The van der Waals surface area contributed by atoms with E-state index >= 15 is 0 Å². The summed E-state index contributed by atoms with van der Waals surface area (Å²) in [6, 6.07) is -0.615. The van der Waals surface area contributed by atoms with Crippen LogP contribution in [0.5, 0.6) is 0 Å². The molecule has 0 radical (unpaired) electrons. The summed E-state index contributed by atoms with van der Waals surface area (Å²) in [4.78, 5) is 47.6. The molecule has 2 fully saturated rings. The Balaban J connectivity index is 2.28. The van der Waals surface area contributed by atoms with Crippen molar-refractivity contribution in [2.45, 2.75) is 70.9 Å². The van der Waals surface area contributed by atoms with Crippen molar-refractivity contribution in [3.8, 4) is 0 Å². The fraction of sp³-hybridized carbons (Fsp3) is 0.765. The number of hydrogen-bond donors (Lipinski definition) is 0. The van der Waals surface area contributed by atoms with Crippen molar-refractivity contribution in [1.29, 1.82) is 0 Å². The highest BCUT2D eigenvalue weighted by Crippen LogP contribution is 2.36. The maximum atomic E-state index is 11.6. The Labute approximate surface area is 151 Å². The second kappa shape index (κ2) is 8.48. The summed E-state index contributed by atoms with van der Waals surface area (Å²) < 4.78 is 21.3. The number of esters is 4. The molecule has 26 heavy (non-hydrogen) atoms. The zero-order valence-electron chi connectivity index (χ0n) is 15.4. The molecule has 146 valence electrons. The molecule has 9 heteroatoms.